The molecule has 2 rings (SSSR count). The summed E-state index contributed by atoms with van der Waals surface area (Å²) < 4.78 is 10.5. The van der Waals surface area contributed by atoms with Crippen molar-refractivity contribution in [3.63, 3.8) is 0 Å². The van der Waals surface area contributed by atoms with Crippen molar-refractivity contribution in [2.75, 3.05) is 21.3 Å². The van der Waals surface area contributed by atoms with Crippen LogP contribution in [0.3, 0.4) is 0 Å². The molecule has 0 bridgehead atoms. The molecule has 1 saturated carbocycles. The summed E-state index contributed by atoms with van der Waals surface area (Å²) in [5.41, 5.74) is 0.509. The van der Waals surface area contributed by atoms with Crippen LogP contribution in [-0.4, -0.2) is 55.4 Å². The summed E-state index contributed by atoms with van der Waals surface area (Å²) in [7, 11) is 4.86. The Bertz CT molecular complexity index is 491. The van der Waals surface area contributed by atoms with Crippen molar-refractivity contribution in [1.82, 2.24) is 4.90 Å². The maximum absolute atomic E-state index is 12.7. The van der Waals surface area contributed by atoms with Gasteiger partial charge in [0.1, 0.15) is 11.9 Å². The molecule has 0 aromatic heterocycles. The Balaban J connectivity index is 2.18. The minimum Gasteiger partial charge on any atom is -0.496 e. The Morgan fingerprint density at radius 1 is 1.29 bits per heavy atom. The third-order valence-electron chi connectivity index (χ3n) is 4.22. The Labute approximate surface area is 125 Å². The molecular weight excluding hydrogens is 270 g/mol. The highest BCUT2D eigenvalue weighted by Gasteiger charge is 2.36. The van der Waals surface area contributed by atoms with Gasteiger partial charge in [-0.3, -0.25) is 4.79 Å². The number of amides is 1. The number of carbonyl (C=O) groups excluding carboxylic acids is 1. The van der Waals surface area contributed by atoms with Gasteiger partial charge in [0, 0.05) is 14.2 Å². The van der Waals surface area contributed by atoms with Crippen LogP contribution < -0.4 is 4.74 Å². The number of aliphatic hydroxyl groups excluding tert-OH is 1. The number of hydrogen-bond donors (Lipinski definition) is 1. The molecule has 0 aliphatic heterocycles. The Morgan fingerprint density at radius 2 is 2.00 bits per heavy atom. The second kappa shape index (κ2) is 6.91. The van der Waals surface area contributed by atoms with E-state index in [1.807, 2.05) is 6.07 Å². The average Bonchev–Trinajstić information content (AvgIpc) is 2.53. The monoisotopic (exact) mass is 293 g/mol. The average molecular weight is 293 g/mol. The molecule has 0 saturated heterocycles. The van der Waals surface area contributed by atoms with Crippen LogP contribution in [-0.2, 0) is 4.74 Å². The van der Waals surface area contributed by atoms with Gasteiger partial charge in [0.25, 0.3) is 5.91 Å². The smallest absolute Gasteiger partial charge is 0.257 e. The SMILES string of the molecule is COc1ccccc1C(=O)N(C)[C@@H]1CCC[C@@H](OC)[C@@H]1O. The van der Waals surface area contributed by atoms with E-state index < -0.39 is 6.10 Å². The second-order valence-corrected chi connectivity index (χ2v) is 5.38. The number of aliphatic hydroxyl groups is 1. The van der Waals surface area contributed by atoms with E-state index in [1.165, 1.54) is 0 Å². The minimum atomic E-state index is -0.660. The summed E-state index contributed by atoms with van der Waals surface area (Å²) in [6, 6.07) is 6.89. The molecule has 0 unspecified atom stereocenters. The fourth-order valence-corrected chi connectivity index (χ4v) is 2.96. The van der Waals surface area contributed by atoms with Gasteiger partial charge in [-0.1, -0.05) is 12.1 Å². The predicted octanol–water partition coefficient (Wildman–Crippen LogP) is 1.70. The number of hydrogen-bond acceptors (Lipinski definition) is 4. The van der Waals surface area contributed by atoms with E-state index in [1.54, 1.807) is 44.4 Å². The number of ether oxygens (including phenoxy) is 2. The quantitative estimate of drug-likeness (QED) is 0.918. The molecule has 1 aromatic rings. The Kier molecular flexibility index (Phi) is 5.20. The lowest BCUT2D eigenvalue weighted by Gasteiger charge is -2.39. The van der Waals surface area contributed by atoms with Crippen molar-refractivity contribution in [3.8, 4) is 5.75 Å². The van der Waals surface area contributed by atoms with Crippen molar-refractivity contribution in [3.05, 3.63) is 29.8 Å². The van der Waals surface area contributed by atoms with E-state index in [4.69, 9.17) is 9.47 Å². The van der Waals surface area contributed by atoms with Gasteiger partial charge in [0.2, 0.25) is 0 Å². The molecule has 1 aliphatic rings. The van der Waals surface area contributed by atoms with Crippen LogP contribution in [0.2, 0.25) is 0 Å². The second-order valence-electron chi connectivity index (χ2n) is 5.38. The standard InChI is InChI=1S/C16H23NO4/c1-17(12-8-6-10-14(21-3)15(12)18)16(19)11-7-4-5-9-13(11)20-2/h4-5,7,9,12,14-15,18H,6,8,10H2,1-3H3/t12-,14-,15-/m1/s1. The molecule has 1 aliphatic carbocycles. The lowest BCUT2D eigenvalue weighted by atomic mass is 9.88. The number of methoxy groups -OCH3 is 2. The number of para-hydroxylation sites is 1. The predicted molar refractivity (Wildman–Crippen MR) is 79.5 cm³/mol. The topological polar surface area (TPSA) is 59.0 Å². The van der Waals surface area contributed by atoms with Crippen LogP contribution in [0.1, 0.15) is 29.6 Å². The van der Waals surface area contributed by atoms with Crippen molar-refractivity contribution >= 4 is 5.91 Å². The molecule has 3 atom stereocenters. The normalized spacial score (nSPS) is 25.4. The van der Waals surface area contributed by atoms with Crippen LogP contribution >= 0.6 is 0 Å². The van der Waals surface area contributed by atoms with E-state index in [0.717, 1.165) is 19.3 Å². The highest BCUT2D eigenvalue weighted by Crippen LogP contribution is 2.27. The molecule has 1 N–H and O–H groups in total. The number of rotatable bonds is 4. The Morgan fingerprint density at radius 3 is 2.67 bits per heavy atom. The molecule has 1 aromatic carbocycles. The third-order valence-corrected chi connectivity index (χ3v) is 4.22. The van der Waals surface area contributed by atoms with Crippen molar-refractivity contribution in [1.29, 1.82) is 0 Å². The lowest BCUT2D eigenvalue weighted by Crippen LogP contribution is -2.52. The highest BCUT2D eigenvalue weighted by molar-refractivity contribution is 5.97. The van der Waals surface area contributed by atoms with Crippen molar-refractivity contribution in [2.45, 2.75) is 37.5 Å². The summed E-state index contributed by atoms with van der Waals surface area (Å²) in [6.07, 6.45) is 1.66. The first-order chi connectivity index (χ1) is 10.1. The zero-order valence-corrected chi connectivity index (χ0v) is 12.8. The van der Waals surface area contributed by atoms with E-state index in [9.17, 15) is 9.90 Å². The zero-order valence-electron chi connectivity index (χ0n) is 12.8. The largest absolute Gasteiger partial charge is 0.496 e. The number of nitrogens with zero attached hydrogens (tertiary/aromatic N) is 1. The van der Waals surface area contributed by atoms with Gasteiger partial charge in [-0.2, -0.15) is 0 Å². The zero-order chi connectivity index (χ0) is 15.4. The fourth-order valence-electron chi connectivity index (χ4n) is 2.96. The first-order valence-electron chi connectivity index (χ1n) is 7.21. The number of likely N-dealkylation sites (N-methyl/N-ethyl adjacent to an activating group) is 1. The summed E-state index contributed by atoms with van der Waals surface area (Å²) in [4.78, 5) is 14.3. The first-order valence-corrected chi connectivity index (χ1v) is 7.21. The van der Waals surface area contributed by atoms with Crippen LogP contribution in [0.5, 0.6) is 5.75 Å². The van der Waals surface area contributed by atoms with Gasteiger partial charge in [-0.15, -0.1) is 0 Å². The summed E-state index contributed by atoms with van der Waals surface area (Å²) in [5.74, 6) is 0.399. The van der Waals surface area contributed by atoms with Gasteiger partial charge in [-0.25, -0.2) is 0 Å². The van der Waals surface area contributed by atoms with Gasteiger partial charge >= 0.3 is 0 Å². The summed E-state index contributed by atoms with van der Waals surface area (Å²) in [5, 5.41) is 10.4. The molecule has 1 amide bonds. The molecule has 0 spiro atoms. The summed E-state index contributed by atoms with van der Waals surface area (Å²) >= 11 is 0. The number of carbonyl (C=O) groups is 1. The van der Waals surface area contributed by atoms with Crippen molar-refractivity contribution < 1.29 is 19.4 Å². The van der Waals surface area contributed by atoms with Crippen molar-refractivity contribution in [2.24, 2.45) is 0 Å². The van der Waals surface area contributed by atoms with E-state index in [-0.39, 0.29) is 18.1 Å². The molecule has 0 heterocycles. The van der Waals surface area contributed by atoms with E-state index in [2.05, 4.69) is 0 Å². The van der Waals surface area contributed by atoms with Gasteiger partial charge < -0.3 is 19.5 Å². The molecule has 116 valence electrons. The molecular formula is C16H23NO4. The Hall–Kier alpha value is -1.59. The van der Waals surface area contributed by atoms with Crippen LogP contribution in [0.4, 0.5) is 0 Å². The third kappa shape index (κ3) is 3.19. The van der Waals surface area contributed by atoms with Crippen LogP contribution in [0.15, 0.2) is 24.3 Å². The maximum atomic E-state index is 12.7. The highest BCUT2D eigenvalue weighted by atomic mass is 16.5. The minimum absolute atomic E-state index is 0.145. The molecule has 21 heavy (non-hydrogen) atoms. The van der Waals surface area contributed by atoms with Gasteiger partial charge in [-0.05, 0) is 31.4 Å². The first kappa shape index (κ1) is 15.8. The summed E-state index contributed by atoms with van der Waals surface area (Å²) in [6.45, 7) is 0. The van der Waals surface area contributed by atoms with Crippen LogP contribution in [0, 0.1) is 0 Å². The van der Waals surface area contributed by atoms with Crippen LogP contribution in [0.25, 0.3) is 0 Å². The lowest BCUT2D eigenvalue weighted by molar-refractivity contribution is -0.0714. The van der Waals surface area contributed by atoms with Gasteiger partial charge in [0.05, 0.1) is 24.8 Å². The van der Waals surface area contributed by atoms with E-state index >= 15 is 0 Å². The number of benzene rings is 1. The fraction of sp³-hybridized carbons (Fsp3) is 0.562. The van der Waals surface area contributed by atoms with E-state index in [0.29, 0.717) is 11.3 Å². The molecule has 0 radical (unpaired) electrons. The maximum Gasteiger partial charge on any atom is 0.257 e. The molecule has 5 heteroatoms. The van der Waals surface area contributed by atoms with Gasteiger partial charge in [0.15, 0.2) is 0 Å². The molecule has 1 fully saturated rings. The molecule has 5 nitrogen and oxygen atoms in total.